The van der Waals surface area contributed by atoms with E-state index in [1.165, 1.54) is 11.3 Å². The number of pyridine rings is 1. The maximum Gasteiger partial charge on any atom is 0.0931 e. The first-order valence-electron chi connectivity index (χ1n) is 4.17. The molecule has 0 saturated carbocycles. The third-order valence-corrected chi connectivity index (χ3v) is 3.10. The molecular weight excluding hydrogens is 216 g/mol. The quantitative estimate of drug-likeness (QED) is 0.852. The molecule has 14 heavy (non-hydrogen) atoms. The fraction of sp³-hybridized carbons (Fsp3) is 0.100. The Bertz CT molecular complexity index is 413. The molecule has 4 heteroatoms. The van der Waals surface area contributed by atoms with Crippen LogP contribution in [0.4, 0.5) is 0 Å². The predicted octanol–water partition coefficient (Wildman–Crippen LogP) is 2.84. The Hall–Kier alpha value is -0.900. The van der Waals surface area contributed by atoms with E-state index in [0.717, 1.165) is 15.5 Å². The third kappa shape index (κ3) is 1.95. The van der Waals surface area contributed by atoms with Crippen molar-refractivity contribution in [1.82, 2.24) is 4.98 Å². The molecule has 2 aromatic rings. The summed E-state index contributed by atoms with van der Waals surface area (Å²) in [6.07, 6.45) is 3.51. The van der Waals surface area contributed by atoms with Gasteiger partial charge in [-0.3, -0.25) is 4.98 Å². The molecule has 0 spiro atoms. The van der Waals surface area contributed by atoms with Crippen molar-refractivity contribution in [3.05, 3.63) is 51.4 Å². The highest BCUT2D eigenvalue weighted by molar-refractivity contribution is 7.14. The van der Waals surface area contributed by atoms with Crippen LogP contribution in [0.15, 0.2) is 36.0 Å². The monoisotopic (exact) mass is 224 g/mol. The van der Waals surface area contributed by atoms with Gasteiger partial charge in [-0.25, -0.2) is 0 Å². The van der Waals surface area contributed by atoms with Crippen molar-refractivity contribution in [2.45, 2.75) is 6.04 Å². The molecule has 0 radical (unpaired) electrons. The normalized spacial score (nSPS) is 12.7. The molecule has 1 atom stereocenters. The zero-order valence-corrected chi connectivity index (χ0v) is 8.92. The Morgan fingerprint density at radius 3 is 2.86 bits per heavy atom. The van der Waals surface area contributed by atoms with Crippen LogP contribution in [0.3, 0.4) is 0 Å². The molecule has 72 valence electrons. The number of rotatable bonds is 2. The maximum atomic E-state index is 6.04. The highest BCUT2D eigenvalue weighted by Gasteiger charge is 2.10. The minimum atomic E-state index is -0.132. The van der Waals surface area contributed by atoms with Gasteiger partial charge in [0, 0.05) is 12.4 Å². The van der Waals surface area contributed by atoms with E-state index in [0.29, 0.717) is 0 Å². The summed E-state index contributed by atoms with van der Waals surface area (Å²) in [5.41, 5.74) is 8.07. The van der Waals surface area contributed by atoms with Crippen molar-refractivity contribution < 1.29 is 0 Å². The molecule has 0 fully saturated rings. The van der Waals surface area contributed by atoms with Gasteiger partial charge in [0.2, 0.25) is 0 Å². The van der Waals surface area contributed by atoms with Gasteiger partial charge in [-0.2, -0.15) is 0 Å². The van der Waals surface area contributed by atoms with E-state index in [1.807, 2.05) is 23.6 Å². The number of hydrogen-bond acceptors (Lipinski definition) is 3. The van der Waals surface area contributed by atoms with Gasteiger partial charge in [-0.1, -0.05) is 17.7 Å². The Morgan fingerprint density at radius 2 is 2.29 bits per heavy atom. The number of hydrogen-bond donors (Lipinski definition) is 1. The molecular formula is C10H9ClN2S. The second-order valence-electron chi connectivity index (χ2n) is 2.95. The van der Waals surface area contributed by atoms with Crippen LogP contribution >= 0.6 is 22.9 Å². The molecule has 2 N–H and O–H groups in total. The summed E-state index contributed by atoms with van der Waals surface area (Å²) in [5.74, 6) is 0. The van der Waals surface area contributed by atoms with E-state index in [2.05, 4.69) is 4.98 Å². The van der Waals surface area contributed by atoms with Crippen molar-refractivity contribution >= 4 is 22.9 Å². The molecule has 0 aliphatic heterocycles. The summed E-state index contributed by atoms with van der Waals surface area (Å²) in [5, 5.41) is 1.97. The van der Waals surface area contributed by atoms with Crippen LogP contribution in [0.25, 0.3) is 0 Å². The highest BCUT2D eigenvalue weighted by atomic mass is 35.5. The number of thiophene rings is 1. The van der Waals surface area contributed by atoms with Crippen LogP contribution in [0.1, 0.15) is 17.2 Å². The summed E-state index contributed by atoms with van der Waals surface area (Å²) in [7, 11) is 0. The average Bonchev–Trinajstić information content (AvgIpc) is 2.65. The smallest absolute Gasteiger partial charge is 0.0931 e. The second kappa shape index (κ2) is 4.09. The van der Waals surface area contributed by atoms with E-state index in [4.69, 9.17) is 17.3 Å². The van der Waals surface area contributed by atoms with Gasteiger partial charge < -0.3 is 5.73 Å². The summed E-state index contributed by atoms with van der Waals surface area (Å²) >= 11 is 7.33. The summed E-state index contributed by atoms with van der Waals surface area (Å²) < 4.78 is 0.763. The molecule has 2 aromatic heterocycles. The lowest BCUT2D eigenvalue weighted by molar-refractivity contribution is 0.868. The molecule has 1 unspecified atom stereocenters. The fourth-order valence-electron chi connectivity index (χ4n) is 1.24. The average molecular weight is 225 g/mol. The standard InChI is InChI=1S/C10H9ClN2S/c11-9-4-8(6-14-9)10(12)7-2-1-3-13-5-7/h1-6,10H,12H2. The van der Waals surface area contributed by atoms with Gasteiger partial charge in [0.1, 0.15) is 0 Å². The Morgan fingerprint density at radius 1 is 1.43 bits per heavy atom. The van der Waals surface area contributed by atoms with E-state index < -0.39 is 0 Å². The first-order valence-corrected chi connectivity index (χ1v) is 5.42. The minimum Gasteiger partial charge on any atom is -0.320 e. The van der Waals surface area contributed by atoms with Gasteiger partial charge >= 0.3 is 0 Å². The van der Waals surface area contributed by atoms with Crippen molar-refractivity contribution in [3.63, 3.8) is 0 Å². The Labute approximate surface area is 91.4 Å². The van der Waals surface area contributed by atoms with Crippen molar-refractivity contribution in [2.75, 3.05) is 0 Å². The molecule has 0 aliphatic carbocycles. The largest absolute Gasteiger partial charge is 0.320 e. The van der Waals surface area contributed by atoms with Crippen molar-refractivity contribution in [2.24, 2.45) is 5.73 Å². The number of nitrogens with zero attached hydrogens (tertiary/aromatic N) is 1. The summed E-state index contributed by atoms with van der Waals surface area (Å²) in [6, 6.07) is 5.60. The summed E-state index contributed by atoms with van der Waals surface area (Å²) in [6.45, 7) is 0. The van der Waals surface area contributed by atoms with Crippen LogP contribution in [0.2, 0.25) is 4.34 Å². The maximum absolute atomic E-state index is 6.04. The first-order chi connectivity index (χ1) is 6.77. The predicted molar refractivity (Wildman–Crippen MR) is 59.6 cm³/mol. The molecule has 0 aliphatic rings. The highest BCUT2D eigenvalue weighted by Crippen LogP contribution is 2.26. The first kappa shape index (κ1) is 9.65. The molecule has 2 heterocycles. The van der Waals surface area contributed by atoms with E-state index in [9.17, 15) is 0 Å². The molecule has 0 aromatic carbocycles. The molecule has 2 rings (SSSR count). The van der Waals surface area contributed by atoms with Crippen LogP contribution in [-0.2, 0) is 0 Å². The van der Waals surface area contributed by atoms with Gasteiger partial charge in [0.25, 0.3) is 0 Å². The van der Waals surface area contributed by atoms with Gasteiger partial charge in [-0.05, 0) is 28.6 Å². The van der Waals surface area contributed by atoms with E-state index >= 15 is 0 Å². The van der Waals surface area contributed by atoms with E-state index in [-0.39, 0.29) is 6.04 Å². The zero-order chi connectivity index (χ0) is 9.97. The number of aromatic nitrogens is 1. The Balaban J connectivity index is 2.29. The van der Waals surface area contributed by atoms with Crippen LogP contribution in [0.5, 0.6) is 0 Å². The topological polar surface area (TPSA) is 38.9 Å². The zero-order valence-electron chi connectivity index (χ0n) is 7.35. The second-order valence-corrected chi connectivity index (χ2v) is 4.49. The summed E-state index contributed by atoms with van der Waals surface area (Å²) in [4.78, 5) is 4.03. The minimum absolute atomic E-state index is 0.132. The van der Waals surface area contributed by atoms with Crippen molar-refractivity contribution in [1.29, 1.82) is 0 Å². The van der Waals surface area contributed by atoms with Gasteiger partial charge in [-0.15, -0.1) is 11.3 Å². The number of halogens is 1. The third-order valence-electron chi connectivity index (χ3n) is 1.99. The van der Waals surface area contributed by atoms with Crippen LogP contribution in [0, 0.1) is 0 Å². The fourth-order valence-corrected chi connectivity index (χ4v) is 2.17. The van der Waals surface area contributed by atoms with Gasteiger partial charge in [0.05, 0.1) is 10.4 Å². The Kier molecular flexibility index (Phi) is 2.82. The number of nitrogens with two attached hydrogens (primary N) is 1. The lowest BCUT2D eigenvalue weighted by Gasteiger charge is -2.08. The van der Waals surface area contributed by atoms with Gasteiger partial charge in [0.15, 0.2) is 0 Å². The van der Waals surface area contributed by atoms with E-state index in [1.54, 1.807) is 12.4 Å². The molecule has 0 bridgehead atoms. The molecule has 2 nitrogen and oxygen atoms in total. The SMILES string of the molecule is NC(c1cccnc1)c1csc(Cl)c1. The lowest BCUT2D eigenvalue weighted by Crippen LogP contribution is -2.10. The lowest BCUT2D eigenvalue weighted by atomic mass is 10.1. The van der Waals surface area contributed by atoms with Crippen molar-refractivity contribution in [3.8, 4) is 0 Å². The molecule has 0 saturated heterocycles. The van der Waals surface area contributed by atoms with Crippen LogP contribution < -0.4 is 5.73 Å². The molecule has 0 amide bonds. The van der Waals surface area contributed by atoms with Crippen LogP contribution in [-0.4, -0.2) is 4.98 Å².